The van der Waals surface area contributed by atoms with Crippen LogP contribution in [0.4, 0.5) is 0 Å². The third-order valence-electron chi connectivity index (χ3n) is 30.2. The first-order valence-electron chi connectivity index (χ1n) is 51.5. The first-order chi connectivity index (χ1) is 71.3. The number of aromatic carboxylic acids is 1. The third kappa shape index (κ3) is 25.6. The lowest BCUT2D eigenvalue weighted by Crippen LogP contribution is -2.55. The van der Waals surface area contributed by atoms with Gasteiger partial charge in [0.05, 0.1) is 57.2 Å². The van der Waals surface area contributed by atoms with Gasteiger partial charge in [-0.25, -0.2) is 9.59 Å². The van der Waals surface area contributed by atoms with E-state index in [0.717, 1.165) is 274 Å². The molecule has 7 aliphatic heterocycles. The number of benzene rings is 8. The van der Waals surface area contributed by atoms with E-state index in [1.54, 1.807) is 71.5 Å². The van der Waals surface area contributed by atoms with Crippen LogP contribution < -0.4 is 28.4 Å². The van der Waals surface area contributed by atoms with Gasteiger partial charge in [-0.15, -0.1) is 0 Å². The first-order valence-corrected chi connectivity index (χ1v) is 52.6. The van der Waals surface area contributed by atoms with Crippen molar-refractivity contribution in [2.45, 2.75) is 179 Å². The Kier molecular flexibility index (Phi) is 34.4. The van der Waals surface area contributed by atoms with E-state index < -0.39 is 39.9 Å². The zero-order valence-electron chi connectivity index (χ0n) is 85.3. The number of rotatable bonds is 25. The van der Waals surface area contributed by atoms with Gasteiger partial charge < -0.3 is 83.9 Å². The van der Waals surface area contributed by atoms with E-state index in [9.17, 15) is 45.4 Å². The molecule has 0 spiro atoms. The van der Waals surface area contributed by atoms with Gasteiger partial charge in [-0.2, -0.15) is 4.73 Å². The monoisotopic (exact) mass is 2050 g/mol. The van der Waals surface area contributed by atoms with Crippen molar-refractivity contribution < 1.29 is 73.4 Å². The lowest BCUT2D eigenvalue weighted by Gasteiger charge is -2.50. The van der Waals surface area contributed by atoms with Crippen molar-refractivity contribution in [2.75, 3.05) is 98.9 Å². The number of aliphatic carboxylic acids is 1. The Labute approximate surface area is 883 Å². The predicted octanol–water partition coefficient (Wildman–Crippen LogP) is 22.2. The molecular weight excluding hydrogens is 1920 g/mol. The number of fused-ring (bicyclic) bond motifs is 8. The minimum atomic E-state index is -1.35. The lowest BCUT2D eigenvalue weighted by molar-refractivity contribution is -0.614. The summed E-state index contributed by atoms with van der Waals surface area (Å²) in [7, 11) is 1.67. The predicted molar refractivity (Wildman–Crippen MR) is 580 cm³/mol. The molecule has 0 bridgehead atoms. The van der Waals surface area contributed by atoms with E-state index in [1.807, 2.05) is 176 Å². The van der Waals surface area contributed by atoms with Gasteiger partial charge in [-0.3, -0.25) is 15.0 Å². The van der Waals surface area contributed by atoms with Gasteiger partial charge in [0.25, 0.3) is 0 Å². The summed E-state index contributed by atoms with van der Waals surface area (Å²) in [6.45, 7) is 23.8. The Balaban J connectivity index is 0.000000135. The number of aromatic nitrogens is 4. The number of carboxylic acids is 2. The fraction of sp³-hybridized carbons (Fsp3) is 0.361. The van der Waals surface area contributed by atoms with Crippen molar-refractivity contribution >= 4 is 69.0 Å². The maximum atomic E-state index is 12.6. The highest BCUT2D eigenvalue weighted by atomic mass is 35.5. The molecule has 772 valence electrons. The van der Waals surface area contributed by atoms with Crippen LogP contribution in [0.2, 0.25) is 15.1 Å². The molecule has 26 heteroatoms. The number of hydrogen-bond donors (Lipinski definition) is 6. The minimum absolute atomic E-state index is 0.239. The van der Waals surface area contributed by atoms with Crippen molar-refractivity contribution in [3.05, 3.63) is 400 Å². The van der Waals surface area contributed by atoms with Crippen molar-refractivity contribution in [3.63, 3.8) is 0 Å². The van der Waals surface area contributed by atoms with E-state index in [2.05, 4.69) is 103 Å². The molecule has 20 rings (SSSR count). The fourth-order valence-electron chi connectivity index (χ4n) is 21.5. The summed E-state index contributed by atoms with van der Waals surface area (Å²) >= 11 is 18.2. The number of piperidine rings is 4. The van der Waals surface area contributed by atoms with Gasteiger partial charge in [-0.05, 0) is 306 Å². The number of aryl methyl sites for hydroxylation is 1. The molecule has 0 radical (unpaired) electrons. The molecule has 8 aliphatic rings. The topological polar surface area (TPSA) is 289 Å². The first kappa shape index (κ1) is 107. The molecule has 11 heterocycles. The van der Waals surface area contributed by atoms with Crippen LogP contribution >= 0.6 is 34.8 Å². The van der Waals surface area contributed by atoms with Crippen LogP contribution in [0.3, 0.4) is 0 Å². The summed E-state index contributed by atoms with van der Waals surface area (Å²) in [4.78, 5) is 46.8. The molecule has 8 aromatic carbocycles. The highest BCUT2D eigenvalue weighted by Crippen LogP contribution is 2.49. The summed E-state index contributed by atoms with van der Waals surface area (Å²) in [5.74, 6) is 2.25. The van der Waals surface area contributed by atoms with Crippen LogP contribution in [0.25, 0.3) is 22.3 Å². The minimum Gasteiger partial charge on any atom is -0.618 e. The summed E-state index contributed by atoms with van der Waals surface area (Å²) in [6, 6.07) is 71.8. The van der Waals surface area contributed by atoms with Gasteiger partial charge in [0.2, 0.25) is 5.69 Å². The Bertz CT molecular complexity index is 6790. The van der Waals surface area contributed by atoms with Crippen LogP contribution in [0.1, 0.15) is 229 Å². The smallest absolute Gasteiger partial charge is 0.347 e. The van der Waals surface area contributed by atoms with Crippen LogP contribution in [-0.2, 0) is 64.6 Å². The molecule has 0 amide bonds. The number of pyridine rings is 4. The molecule has 4 fully saturated rings. The highest BCUT2D eigenvalue weighted by Gasteiger charge is 2.49. The van der Waals surface area contributed by atoms with E-state index in [4.69, 9.17) is 63.2 Å². The van der Waals surface area contributed by atoms with E-state index in [-0.39, 0.29) is 11.0 Å². The standard InChI is InChI=1S/2C31H33ClN2O4.C30H33ClN2O4.C30H34N2O3/c1-31(2,30(35)36)38-24-11-12-29-27(19-24)25(26-5-3-15-33-28(26)20-37-29)6-4-16-34-17-13-22(14-18-34)21-7-9-23(32)10-8-21;1-30(2)20-33(18-15-31(30,37)23-10-12-24(32)13-11-23)16-3-5-25-26-6-4-17-34(38)28(26)14-9-21-7-8-22(29(35)36)19-27(21)25;1-35-18-19-36-24-10-11-29-27(20-24)25(26-4-2-14-32-28(26)21-37-29)5-3-15-33-16-12-30(34,13-17-33)22-6-8-23(31)9-7-22;1-29(2,33)23-12-13-28-26(20-23)24(25-10-6-16-31-27(25)21-35-28)11-7-17-32-18-14-30(34,15-19-32)22-8-4-3-5-9-22/h3,5-12,15,19,22H,4,13-14,16-18,20H2,1-2H3,(H,35,36);4-8,10-13,17,19,37H,3,9,14-16,18,20H2,1-2H3,(H,35,36);2,4-11,14,20,34H,3,12-13,15-19,21H2,1H3;3-6,8-13,16,20,33-34H,7,14-15,17-19,21H2,1-2H3/b25-6+;2*25-5+;24-11+/t;31-;;/m.1../s1. The maximum absolute atomic E-state index is 12.6. The Hall–Kier alpha value is -12.4. The zero-order valence-corrected chi connectivity index (χ0v) is 87.6. The van der Waals surface area contributed by atoms with Crippen LogP contribution in [0.5, 0.6) is 28.7 Å². The number of halogens is 3. The third-order valence-corrected chi connectivity index (χ3v) is 30.9. The molecule has 4 saturated heterocycles. The quantitative estimate of drug-likeness (QED) is 0.0176. The Morgan fingerprint density at radius 1 is 0.473 bits per heavy atom. The summed E-state index contributed by atoms with van der Waals surface area (Å²) in [5.41, 5.74) is 16.7. The van der Waals surface area contributed by atoms with Gasteiger partial charge in [0, 0.05) is 157 Å². The van der Waals surface area contributed by atoms with Crippen molar-refractivity contribution in [1.29, 1.82) is 0 Å². The molecule has 148 heavy (non-hydrogen) atoms. The summed E-state index contributed by atoms with van der Waals surface area (Å²) in [5, 5.41) is 78.6. The van der Waals surface area contributed by atoms with Gasteiger partial charge in [-0.1, -0.05) is 170 Å². The summed E-state index contributed by atoms with van der Waals surface area (Å²) < 4.78 is 36.1. The van der Waals surface area contributed by atoms with Gasteiger partial charge in [0.1, 0.15) is 55.2 Å². The largest absolute Gasteiger partial charge is 0.618 e. The fourth-order valence-corrected chi connectivity index (χ4v) is 21.8. The van der Waals surface area contributed by atoms with Crippen LogP contribution in [0.15, 0.2) is 274 Å². The second kappa shape index (κ2) is 47.6. The molecule has 6 N–H and O–H groups in total. The molecule has 0 unspecified atom stereocenters. The number of hydrogen-bond acceptors (Lipinski definition) is 20. The molecule has 1 aliphatic carbocycles. The van der Waals surface area contributed by atoms with Gasteiger partial charge >= 0.3 is 11.9 Å². The number of ether oxygens (including phenoxy) is 6. The second-order valence-corrected chi connectivity index (χ2v) is 42.6. The number of nitrogens with zero attached hydrogens (tertiary/aromatic N) is 8. The molecule has 4 aromatic heterocycles. The van der Waals surface area contributed by atoms with Crippen molar-refractivity contribution in [3.8, 4) is 28.7 Å². The highest BCUT2D eigenvalue weighted by molar-refractivity contribution is 6.31. The number of methoxy groups -OCH3 is 1. The lowest BCUT2D eigenvalue weighted by atomic mass is 9.66. The maximum Gasteiger partial charge on any atom is 0.347 e. The number of carbonyl (C=O) groups is 2. The van der Waals surface area contributed by atoms with E-state index >= 15 is 0 Å². The molecular formula is C122H133Cl3N8O15. The number of likely N-dealkylation sites (tertiary alicyclic amines) is 4. The Morgan fingerprint density at radius 3 is 1.41 bits per heavy atom. The van der Waals surface area contributed by atoms with Crippen molar-refractivity contribution in [2.24, 2.45) is 5.41 Å². The second-order valence-electron chi connectivity index (χ2n) is 41.3. The molecule has 23 nitrogen and oxygen atoms in total. The average molecular weight is 2060 g/mol. The van der Waals surface area contributed by atoms with Crippen LogP contribution in [-0.4, -0.2) is 182 Å². The zero-order chi connectivity index (χ0) is 104. The van der Waals surface area contributed by atoms with Gasteiger partial charge in [0.15, 0.2) is 11.8 Å². The Morgan fingerprint density at radius 2 is 0.919 bits per heavy atom. The average Bonchev–Trinajstić information content (AvgIpc) is 1.05. The SMILES string of the molecule is CC(C)(O)c1ccc2c(c1)/C(=C/CCN1CCC(O)(c3ccccc3)CC1)c1cccnc1CO2.CC(C)(Oc1ccc2c(c1)/C(=C/CCN1CCC(c3ccc(Cl)cc3)CC1)c1cccnc1CO2)C(=O)O.CC1(C)CN(CC/C=C2/c3cc(C(=O)O)ccc3CCc3c2ccc[n+]3[O-])CC[C@@]1(O)c1ccc(Cl)cc1.COCCOc1ccc2c(c1)/C(=C/CCN1CCC(O)(c3ccc(Cl)cc3)CC1)c1cccnc1CO2. The van der Waals surface area contributed by atoms with Crippen molar-refractivity contribution in [1.82, 2.24) is 34.6 Å². The molecule has 0 saturated carbocycles. The summed E-state index contributed by atoms with van der Waals surface area (Å²) in [6.07, 6.45) is 26.3. The normalized spacial score (nSPS) is 19.0. The molecule has 12 aromatic rings. The molecule has 1 atom stereocenters. The number of aliphatic hydroxyl groups is 4. The van der Waals surface area contributed by atoms with Crippen LogP contribution in [0, 0.1) is 10.6 Å². The number of carboxylic acid groups (broad SMARTS) is 2. The van der Waals surface area contributed by atoms with E-state index in [1.165, 1.54) is 11.8 Å². The van der Waals surface area contributed by atoms with E-state index in [0.29, 0.717) is 92.5 Å².